The van der Waals surface area contributed by atoms with E-state index in [9.17, 15) is 0 Å². The Labute approximate surface area is 127 Å². The van der Waals surface area contributed by atoms with Gasteiger partial charge in [-0.2, -0.15) is 0 Å². The Balaban J connectivity index is 2.24. The van der Waals surface area contributed by atoms with Crippen molar-refractivity contribution in [1.29, 1.82) is 0 Å². The van der Waals surface area contributed by atoms with E-state index in [1.807, 2.05) is 12.1 Å². The fraction of sp³-hybridized carbons (Fsp3) is 0.267. The Morgan fingerprint density at radius 2 is 2.00 bits per heavy atom. The highest BCUT2D eigenvalue weighted by Crippen LogP contribution is 2.27. The van der Waals surface area contributed by atoms with Gasteiger partial charge in [0.2, 0.25) is 0 Å². The lowest BCUT2D eigenvalue weighted by molar-refractivity contribution is 0.753. The van der Waals surface area contributed by atoms with Gasteiger partial charge in [-0.25, -0.2) is 4.98 Å². The summed E-state index contributed by atoms with van der Waals surface area (Å²) in [5.41, 5.74) is 1.28. The molecule has 4 heteroatoms. The van der Waals surface area contributed by atoms with Crippen LogP contribution in [0.3, 0.4) is 0 Å². The minimum Gasteiger partial charge on any atom is -0.351 e. The van der Waals surface area contributed by atoms with Crippen LogP contribution in [0.1, 0.15) is 18.9 Å². The van der Waals surface area contributed by atoms with Crippen molar-refractivity contribution in [1.82, 2.24) is 4.98 Å². The van der Waals surface area contributed by atoms with Crippen molar-refractivity contribution in [2.24, 2.45) is 0 Å². The van der Waals surface area contributed by atoms with E-state index in [0.29, 0.717) is 5.02 Å². The van der Waals surface area contributed by atoms with Crippen LogP contribution in [-0.2, 0) is 6.54 Å². The number of benzene rings is 1. The topological polar surface area (TPSA) is 16.1 Å². The second-order valence-corrected chi connectivity index (χ2v) is 5.66. The molecule has 0 aliphatic heterocycles. The van der Waals surface area contributed by atoms with E-state index in [-0.39, 0.29) is 0 Å². The number of anilines is 1. The Bertz CT molecular complexity index is 531. The highest BCUT2D eigenvalue weighted by atomic mass is 79.9. The van der Waals surface area contributed by atoms with Gasteiger partial charge in [0.1, 0.15) is 5.82 Å². The summed E-state index contributed by atoms with van der Waals surface area (Å²) < 4.78 is 0.935. The van der Waals surface area contributed by atoms with Gasteiger partial charge in [0.05, 0.1) is 9.50 Å². The number of hydrogen-bond acceptors (Lipinski definition) is 2. The molecule has 2 aromatic rings. The van der Waals surface area contributed by atoms with Crippen molar-refractivity contribution in [3.05, 3.63) is 57.7 Å². The maximum absolute atomic E-state index is 5.95. The zero-order valence-corrected chi connectivity index (χ0v) is 13.2. The molecule has 0 radical (unpaired) electrons. The average molecular weight is 340 g/mol. The Morgan fingerprint density at radius 3 is 2.63 bits per heavy atom. The zero-order valence-electron chi connectivity index (χ0n) is 10.8. The van der Waals surface area contributed by atoms with E-state index in [2.05, 4.69) is 57.0 Å². The first-order valence-corrected chi connectivity index (χ1v) is 7.47. The van der Waals surface area contributed by atoms with Crippen LogP contribution in [0.15, 0.2) is 47.1 Å². The predicted octanol–water partition coefficient (Wildman–Crippen LogP) is 4.91. The Hall–Kier alpha value is -1.06. The van der Waals surface area contributed by atoms with Gasteiger partial charge in [-0.15, -0.1) is 0 Å². The molecule has 0 fully saturated rings. The standard InChI is InChI=1S/C15H16BrClN2/c1-2-8-19(11-12-6-4-3-5-7-12)15-14(16)9-13(17)10-18-15/h3-7,9-10H,2,8,11H2,1H3. The molecule has 0 spiro atoms. The lowest BCUT2D eigenvalue weighted by Crippen LogP contribution is -2.24. The second kappa shape index (κ2) is 6.92. The number of halogens is 2. The average Bonchev–Trinajstić information content (AvgIpc) is 2.39. The first-order chi connectivity index (χ1) is 9.20. The van der Waals surface area contributed by atoms with Crippen LogP contribution in [0.25, 0.3) is 0 Å². The third kappa shape index (κ3) is 3.95. The molecule has 2 nitrogen and oxygen atoms in total. The van der Waals surface area contributed by atoms with Gasteiger partial charge < -0.3 is 4.90 Å². The Morgan fingerprint density at radius 1 is 1.26 bits per heavy atom. The van der Waals surface area contributed by atoms with Gasteiger partial charge in [-0.05, 0) is 34.0 Å². The van der Waals surface area contributed by atoms with Crippen LogP contribution < -0.4 is 4.90 Å². The molecule has 0 atom stereocenters. The molecule has 0 bridgehead atoms. The molecule has 1 aromatic heterocycles. The maximum Gasteiger partial charge on any atom is 0.143 e. The lowest BCUT2D eigenvalue weighted by Gasteiger charge is -2.24. The zero-order chi connectivity index (χ0) is 13.7. The number of pyridine rings is 1. The van der Waals surface area contributed by atoms with Crippen LogP contribution in [0.4, 0.5) is 5.82 Å². The fourth-order valence-electron chi connectivity index (χ4n) is 1.97. The number of hydrogen-bond donors (Lipinski definition) is 0. The Kier molecular flexibility index (Phi) is 5.23. The summed E-state index contributed by atoms with van der Waals surface area (Å²) in [6.45, 7) is 3.98. The van der Waals surface area contributed by atoms with E-state index >= 15 is 0 Å². The van der Waals surface area contributed by atoms with Crippen molar-refractivity contribution >= 4 is 33.3 Å². The highest BCUT2D eigenvalue weighted by Gasteiger charge is 2.12. The summed E-state index contributed by atoms with van der Waals surface area (Å²) >= 11 is 9.49. The summed E-state index contributed by atoms with van der Waals surface area (Å²) in [7, 11) is 0. The summed E-state index contributed by atoms with van der Waals surface area (Å²) in [5, 5.41) is 0.645. The molecule has 0 saturated carbocycles. The first-order valence-electron chi connectivity index (χ1n) is 6.30. The van der Waals surface area contributed by atoms with Crippen molar-refractivity contribution in [3.8, 4) is 0 Å². The molecular weight excluding hydrogens is 324 g/mol. The number of nitrogens with zero attached hydrogens (tertiary/aromatic N) is 2. The van der Waals surface area contributed by atoms with Gasteiger partial charge in [0.25, 0.3) is 0 Å². The monoisotopic (exact) mass is 338 g/mol. The summed E-state index contributed by atoms with van der Waals surface area (Å²) in [6.07, 6.45) is 2.76. The second-order valence-electron chi connectivity index (χ2n) is 4.37. The predicted molar refractivity (Wildman–Crippen MR) is 84.7 cm³/mol. The van der Waals surface area contributed by atoms with Crippen LogP contribution in [-0.4, -0.2) is 11.5 Å². The van der Waals surface area contributed by atoms with Crippen LogP contribution in [0.5, 0.6) is 0 Å². The van der Waals surface area contributed by atoms with E-state index in [1.165, 1.54) is 5.56 Å². The normalized spacial score (nSPS) is 10.5. The molecule has 2 rings (SSSR count). The first kappa shape index (κ1) is 14.4. The van der Waals surface area contributed by atoms with Crippen LogP contribution >= 0.6 is 27.5 Å². The minimum absolute atomic E-state index is 0.645. The smallest absolute Gasteiger partial charge is 0.143 e. The van der Waals surface area contributed by atoms with Gasteiger partial charge in [0, 0.05) is 19.3 Å². The molecule has 1 aromatic carbocycles. The van der Waals surface area contributed by atoms with Gasteiger partial charge >= 0.3 is 0 Å². The van der Waals surface area contributed by atoms with E-state index in [1.54, 1.807) is 6.20 Å². The van der Waals surface area contributed by atoms with Gasteiger partial charge in [0.15, 0.2) is 0 Å². The molecule has 0 aliphatic rings. The van der Waals surface area contributed by atoms with E-state index in [4.69, 9.17) is 11.6 Å². The number of aromatic nitrogens is 1. The van der Waals surface area contributed by atoms with Crippen molar-refractivity contribution in [2.45, 2.75) is 19.9 Å². The van der Waals surface area contributed by atoms with E-state index < -0.39 is 0 Å². The summed E-state index contributed by atoms with van der Waals surface area (Å²) in [4.78, 5) is 6.70. The molecule has 0 amide bonds. The largest absolute Gasteiger partial charge is 0.351 e. The molecule has 0 N–H and O–H groups in total. The maximum atomic E-state index is 5.95. The van der Waals surface area contributed by atoms with E-state index in [0.717, 1.165) is 29.8 Å². The molecule has 19 heavy (non-hydrogen) atoms. The van der Waals surface area contributed by atoms with Gasteiger partial charge in [-0.1, -0.05) is 48.9 Å². The van der Waals surface area contributed by atoms with Gasteiger partial charge in [-0.3, -0.25) is 0 Å². The third-order valence-corrected chi connectivity index (χ3v) is 3.59. The summed E-state index contributed by atoms with van der Waals surface area (Å²) in [6, 6.07) is 12.3. The number of rotatable bonds is 5. The van der Waals surface area contributed by atoms with Crippen LogP contribution in [0, 0.1) is 0 Å². The van der Waals surface area contributed by atoms with Crippen LogP contribution in [0.2, 0.25) is 5.02 Å². The van der Waals surface area contributed by atoms with Crippen molar-refractivity contribution in [2.75, 3.05) is 11.4 Å². The molecule has 0 aliphatic carbocycles. The molecule has 1 heterocycles. The molecule has 100 valence electrons. The highest BCUT2D eigenvalue weighted by molar-refractivity contribution is 9.10. The van der Waals surface area contributed by atoms with Crippen molar-refractivity contribution < 1.29 is 0 Å². The lowest BCUT2D eigenvalue weighted by atomic mass is 10.2. The van der Waals surface area contributed by atoms with Crippen molar-refractivity contribution in [3.63, 3.8) is 0 Å². The SMILES string of the molecule is CCCN(Cc1ccccc1)c1ncc(Cl)cc1Br. The molecular formula is C15H16BrClN2. The molecule has 0 unspecified atom stereocenters. The quantitative estimate of drug-likeness (QED) is 0.769. The minimum atomic E-state index is 0.645. The summed E-state index contributed by atoms with van der Waals surface area (Å²) in [5.74, 6) is 0.940. The third-order valence-electron chi connectivity index (χ3n) is 2.80. The fourth-order valence-corrected chi connectivity index (χ4v) is 2.86. The molecule has 0 saturated heterocycles.